The first kappa shape index (κ1) is 26.6. The monoisotopic (exact) mass is 520 g/mol. The molecular formula is C31H27F3O2S. The number of aliphatic hydroxyl groups is 1. The van der Waals surface area contributed by atoms with E-state index in [1.807, 2.05) is 49.4 Å². The highest BCUT2D eigenvalue weighted by molar-refractivity contribution is 7.99. The third kappa shape index (κ3) is 6.11. The van der Waals surface area contributed by atoms with E-state index in [-0.39, 0.29) is 17.5 Å². The SMILES string of the molecule is C#Cc1cc(-c2ccccc2)cc(CC)c1C1=C(O)CC(CCSc2ccc(C(F)(F)F)cc2)CC1=O. The van der Waals surface area contributed by atoms with Gasteiger partial charge in [-0.15, -0.1) is 18.2 Å². The van der Waals surface area contributed by atoms with Crippen LogP contribution < -0.4 is 0 Å². The van der Waals surface area contributed by atoms with Crippen molar-refractivity contribution in [2.75, 3.05) is 5.75 Å². The van der Waals surface area contributed by atoms with Gasteiger partial charge in [0.05, 0.1) is 11.1 Å². The Labute approximate surface area is 219 Å². The average Bonchev–Trinajstić information content (AvgIpc) is 2.88. The summed E-state index contributed by atoms with van der Waals surface area (Å²) in [5, 5.41) is 11.0. The zero-order valence-electron chi connectivity index (χ0n) is 20.4. The molecule has 0 saturated carbocycles. The topological polar surface area (TPSA) is 37.3 Å². The standard InChI is InChI=1S/C31H27F3O2S/c1-3-21-18-24(23-8-6-5-7-9-23)19-22(4-2)29(21)30-27(35)16-20(17-28(30)36)14-15-37-26-12-10-25(11-13-26)31(32,33)34/h1,5-13,18-20,35H,4,14-17H2,2H3. The van der Waals surface area contributed by atoms with Crippen molar-refractivity contribution in [3.8, 4) is 23.5 Å². The molecule has 3 aromatic carbocycles. The molecule has 1 atom stereocenters. The second kappa shape index (κ2) is 11.3. The number of benzene rings is 3. The lowest BCUT2D eigenvalue weighted by Gasteiger charge is -2.25. The highest BCUT2D eigenvalue weighted by atomic mass is 32.2. The molecule has 4 rings (SSSR count). The number of allylic oxidation sites excluding steroid dienone is 2. The maximum Gasteiger partial charge on any atom is 0.416 e. The van der Waals surface area contributed by atoms with E-state index in [2.05, 4.69) is 5.92 Å². The van der Waals surface area contributed by atoms with Crippen molar-refractivity contribution >= 4 is 23.1 Å². The van der Waals surface area contributed by atoms with Crippen LogP contribution >= 0.6 is 11.8 Å². The summed E-state index contributed by atoms with van der Waals surface area (Å²) < 4.78 is 38.3. The third-order valence-electron chi connectivity index (χ3n) is 6.61. The van der Waals surface area contributed by atoms with Crippen LogP contribution in [0.3, 0.4) is 0 Å². The molecule has 1 aliphatic carbocycles. The van der Waals surface area contributed by atoms with Crippen LogP contribution in [0.25, 0.3) is 16.7 Å². The fraction of sp³-hybridized carbons (Fsp3) is 0.258. The molecule has 0 heterocycles. The van der Waals surface area contributed by atoms with Crippen molar-refractivity contribution in [2.24, 2.45) is 5.92 Å². The predicted octanol–water partition coefficient (Wildman–Crippen LogP) is 8.35. The lowest BCUT2D eigenvalue weighted by atomic mass is 9.79. The van der Waals surface area contributed by atoms with Gasteiger partial charge in [0.2, 0.25) is 0 Å². The smallest absolute Gasteiger partial charge is 0.416 e. The summed E-state index contributed by atoms with van der Waals surface area (Å²) in [6.45, 7) is 2.00. The number of carbonyl (C=O) groups is 1. The number of terminal acetylenes is 1. The average molecular weight is 521 g/mol. The van der Waals surface area contributed by atoms with Gasteiger partial charge >= 0.3 is 6.18 Å². The summed E-state index contributed by atoms with van der Waals surface area (Å²) in [4.78, 5) is 14.0. The maximum absolute atomic E-state index is 13.3. The first-order valence-corrected chi connectivity index (χ1v) is 13.1. The summed E-state index contributed by atoms with van der Waals surface area (Å²) in [5.41, 5.74) is 3.78. The minimum absolute atomic E-state index is 0.0406. The Morgan fingerprint density at radius 3 is 2.32 bits per heavy atom. The van der Waals surface area contributed by atoms with Crippen molar-refractivity contribution in [1.29, 1.82) is 0 Å². The quantitative estimate of drug-likeness (QED) is 0.251. The zero-order valence-corrected chi connectivity index (χ0v) is 21.3. The molecule has 3 aromatic rings. The summed E-state index contributed by atoms with van der Waals surface area (Å²) in [6.07, 6.45) is 3.48. The summed E-state index contributed by atoms with van der Waals surface area (Å²) >= 11 is 1.44. The predicted molar refractivity (Wildman–Crippen MR) is 143 cm³/mol. The highest BCUT2D eigenvalue weighted by Crippen LogP contribution is 2.39. The number of aliphatic hydroxyl groups excluding tert-OH is 1. The second-order valence-corrected chi connectivity index (χ2v) is 10.3. The molecule has 0 amide bonds. The Hall–Kier alpha value is -3.43. The third-order valence-corrected chi connectivity index (χ3v) is 7.66. The molecule has 0 aromatic heterocycles. The number of ketones is 1. The van der Waals surface area contributed by atoms with Gasteiger partial charge in [0, 0.05) is 28.9 Å². The van der Waals surface area contributed by atoms with E-state index in [4.69, 9.17) is 6.42 Å². The van der Waals surface area contributed by atoms with Gasteiger partial charge in [-0.25, -0.2) is 0 Å². The van der Waals surface area contributed by atoms with Crippen LogP contribution in [-0.4, -0.2) is 16.6 Å². The van der Waals surface area contributed by atoms with Gasteiger partial charge in [-0.1, -0.05) is 49.2 Å². The van der Waals surface area contributed by atoms with Crippen molar-refractivity contribution in [3.05, 3.63) is 94.7 Å². The molecular weight excluding hydrogens is 493 g/mol. The number of hydrogen-bond acceptors (Lipinski definition) is 3. The molecule has 1 N–H and O–H groups in total. The molecule has 0 saturated heterocycles. The van der Waals surface area contributed by atoms with E-state index >= 15 is 0 Å². The number of carbonyl (C=O) groups excluding carboxylic acids is 1. The van der Waals surface area contributed by atoms with E-state index in [1.54, 1.807) is 0 Å². The van der Waals surface area contributed by atoms with Crippen LogP contribution in [0.4, 0.5) is 13.2 Å². The van der Waals surface area contributed by atoms with Gasteiger partial charge in [-0.05, 0) is 71.5 Å². The molecule has 0 aliphatic heterocycles. The Morgan fingerprint density at radius 2 is 1.73 bits per heavy atom. The fourth-order valence-corrected chi connectivity index (χ4v) is 5.75. The second-order valence-electron chi connectivity index (χ2n) is 9.10. The van der Waals surface area contributed by atoms with Gasteiger partial charge in [-0.2, -0.15) is 13.2 Å². The normalized spacial score (nSPS) is 16.1. The summed E-state index contributed by atoms with van der Waals surface area (Å²) in [6, 6.07) is 18.9. The molecule has 1 unspecified atom stereocenters. The molecule has 2 nitrogen and oxygen atoms in total. The fourth-order valence-electron chi connectivity index (χ4n) is 4.73. The van der Waals surface area contributed by atoms with Crippen LogP contribution in [0.15, 0.2) is 77.4 Å². The minimum atomic E-state index is -4.36. The van der Waals surface area contributed by atoms with E-state index < -0.39 is 11.7 Å². The number of aryl methyl sites for hydroxylation is 1. The van der Waals surface area contributed by atoms with Gasteiger partial charge in [0.25, 0.3) is 0 Å². The lowest BCUT2D eigenvalue weighted by Crippen LogP contribution is -2.21. The molecule has 6 heteroatoms. The van der Waals surface area contributed by atoms with Crippen molar-refractivity contribution in [3.63, 3.8) is 0 Å². The molecule has 0 bridgehead atoms. The molecule has 37 heavy (non-hydrogen) atoms. The number of hydrogen-bond donors (Lipinski definition) is 1. The highest BCUT2D eigenvalue weighted by Gasteiger charge is 2.32. The molecule has 190 valence electrons. The van der Waals surface area contributed by atoms with Crippen LogP contribution in [-0.2, 0) is 17.4 Å². The molecule has 1 aliphatic rings. The van der Waals surface area contributed by atoms with Gasteiger partial charge < -0.3 is 5.11 Å². The Bertz CT molecular complexity index is 1350. The Morgan fingerprint density at radius 1 is 1.03 bits per heavy atom. The molecule has 0 spiro atoms. The van der Waals surface area contributed by atoms with E-state index in [1.165, 1.54) is 23.9 Å². The number of alkyl halides is 3. The van der Waals surface area contributed by atoms with E-state index in [9.17, 15) is 23.1 Å². The number of rotatable bonds is 7. The Balaban J connectivity index is 1.51. The summed E-state index contributed by atoms with van der Waals surface area (Å²) in [5.74, 6) is 3.24. The van der Waals surface area contributed by atoms with E-state index in [0.717, 1.165) is 33.7 Å². The van der Waals surface area contributed by atoms with Crippen LogP contribution in [0.1, 0.15) is 48.4 Å². The van der Waals surface area contributed by atoms with Crippen LogP contribution in [0.2, 0.25) is 0 Å². The van der Waals surface area contributed by atoms with Crippen molar-refractivity contribution in [2.45, 2.75) is 43.7 Å². The molecule has 0 radical (unpaired) electrons. The molecule has 0 fully saturated rings. The first-order valence-electron chi connectivity index (χ1n) is 12.2. The number of halogens is 3. The maximum atomic E-state index is 13.3. The van der Waals surface area contributed by atoms with Gasteiger partial charge in [0.1, 0.15) is 5.76 Å². The summed E-state index contributed by atoms with van der Waals surface area (Å²) in [7, 11) is 0. The van der Waals surface area contributed by atoms with Crippen LogP contribution in [0, 0.1) is 18.3 Å². The number of thioether (sulfide) groups is 1. The lowest BCUT2D eigenvalue weighted by molar-refractivity contribution is -0.137. The largest absolute Gasteiger partial charge is 0.512 e. The van der Waals surface area contributed by atoms with Crippen LogP contribution in [0.5, 0.6) is 0 Å². The van der Waals surface area contributed by atoms with Gasteiger partial charge in [-0.3, -0.25) is 4.79 Å². The first-order chi connectivity index (χ1) is 17.7. The number of Topliss-reactive ketones (excluding diaryl/α,β-unsaturated/α-hetero) is 1. The van der Waals surface area contributed by atoms with Gasteiger partial charge in [0.15, 0.2) is 5.78 Å². The van der Waals surface area contributed by atoms with Crippen molar-refractivity contribution < 1.29 is 23.1 Å². The van der Waals surface area contributed by atoms with E-state index in [0.29, 0.717) is 48.1 Å². The zero-order chi connectivity index (χ0) is 26.6. The van der Waals surface area contributed by atoms with Crippen molar-refractivity contribution in [1.82, 2.24) is 0 Å². The minimum Gasteiger partial charge on any atom is -0.512 e. The Kier molecular flexibility index (Phi) is 8.14.